The van der Waals surface area contributed by atoms with E-state index >= 15 is 0 Å². The van der Waals surface area contributed by atoms with Crippen molar-refractivity contribution in [3.05, 3.63) is 79.7 Å². The van der Waals surface area contributed by atoms with Gasteiger partial charge in [-0.2, -0.15) is 0 Å². The second-order valence-corrected chi connectivity index (χ2v) is 7.92. The van der Waals surface area contributed by atoms with Gasteiger partial charge in [0, 0.05) is 26.3 Å². The zero-order valence-electron chi connectivity index (χ0n) is 16.7. The molecule has 0 saturated heterocycles. The minimum absolute atomic E-state index is 0.129. The summed E-state index contributed by atoms with van der Waals surface area (Å²) >= 11 is 1.08. The molecule has 9 heteroatoms. The van der Waals surface area contributed by atoms with E-state index in [1.54, 1.807) is 22.6 Å². The molecule has 0 saturated carbocycles. The van der Waals surface area contributed by atoms with Gasteiger partial charge in [0.15, 0.2) is 0 Å². The Balaban J connectivity index is 1.74. The first-order chi connectivity index (χ1) is 14.5. The Morgan fingerprint density at radius 1 is 1.23 bits per heavy atom. The first kappa shape index (κ1) is 20.0. The van der Waals surface area contributed by atoms with E-state index < -0.39 is 5.91 Å². The van der Waals surface area contributed by atoms with Gasteiger partial charge < -0.3 is 14.8 Å². The van der Waals surface area contributed by atoms with Crippen LogP contribution in [0.1, 0.15) is 42.4 Å². The zero-order valence-corrected chi connectivity index (χ0v) is 17.5. The smallest absolute Gasteiger partial charge is 0.267 e. The van der Waals surface area contributed by atoms with E-state index in [4.69, 9.17) is 0 Å². The molecule has 154 valence electrons. The van der Waals surface area contributed by atoms with Crippen molar-refractivity contribution < 1.29 is 9.59 Å². The van der Waals surface area contributed by atoms with Gasteiger partial charge in [-0.25, -0.2) is 0 Å². The van der Waals surface area contributed by atoms with Crippen molar-refractivity contribution in [1.82, 2.24) is 24.4 Å². The lowest BCUT2D eigenvalue weighted by Crippen LogP contribution is -2.41. The van der Waals surface area contributed by atoms with Crippen molar-refractivity contribution in [1.29, 1.82) is 0 Å². The number of benzene rings is 1. The quantitative estimate of drug-likeness (QED) is 0.688. The highest BCUT2D eigenvalue weighted by molar-refractivity contribution is 7.07. The van der Waals surface area contributed by atoms with Crippen LogP contribution in [0.2, 0.25) is 0 Å². The molecular weight excluding hydrogens is 402 g/mol. The number of fused-ring (bicyclic) bond motifs is 1. The Bertz CT molecular complexity index is 1170. The van der Waals surface area contributed by atoms with Gasteiger partial charge in [0.2, 0.25) is 0 Å². The number of aryl methyl sites for hydroxylation is 1. The minimum atomic E-state index is -0.402. The fourth-order valence-corrected chi connectivity index (χ4v) is 4.34. The SMILES string of the molecule is CNC(=O)c1c2c(cn(Cc3ccccc3)c1=O)CN(C(=O)c1snnc1C)CC2. The fourth-order valence-electron chi connectivity index (χ4n) is 3.71. The van der Waals surface area contributed by atoms with Gasteiger partial charge in [-0.05, 0) is 41.6 Å². The van der Waals surface area contributed by atoms with Crippen LogP contribution < -0.4 is 10.9 Å². The average Bonchev–Trinajstić information content (AvgIpc) is 3.19. The molecule has 0 spiro atoms. The minimum Gasteiger partial charge on any atom is -0.355 e. The second-order valence-electron chi connectivity index (χ2n) is 7.17. The van der Waals surface area contributed by atoms with Crippen LogP contribution >= 0.6 is 11.5 Å². The summed E-state index contributed by atoms with van der Waals surface area (Å²) in [6.45, 7) is 2.86. The molecule has 2 aromatic heterocycles. The van der Waals surface area contributed by atoms with Gasteiger partial charge >= 0.3 is 0 Å². The van der Waals surface area contributed by atoms with Crippen molar-refractivity contribution in [3.8, 4) is 0 Å². The van der Waals surface area contributed by atoms with E-state index in [2.05, 4.69) is 14.9 Å². The Morgan fingerprint density at radius 3 is 2.67 bits per heavy atom. The van der Waals surface area contributed by atoms with Crippen molar-refractivity contribution in [2.45, 2.75) is 26.4 Å². The van der Waals surface area contributed by atoms with Crippen LogP contribution in [0.4, 0.5) is 0 Å². The third-order valence-corrected chi connectivity index (χ3v) is 6.07. The summed E-state index contributed by atoms with van der Waals surface area (Å²) < 4.78 is 5.40. The number of amides is 2. The molecule has 3 heterocycles. The fraction of sp³-hybridized carbons (Fsp3) is 0.286. The molecule has 1 aromatic carbocycles. The van der Waals surface area contributed by atoms with Crippen LogP contribution in [0.15, 0.2) is 41.3 Å². The van der Waals surface area contributed by atoms with Crippen LogP contribution in [0.3, 0.4) is 0 Å². The first-order valence-electron chi connectivity index (χ1n) is 9.59. The standard InChI is InChI=1S/C21H21N5O3S/c1-13-18(30-24-23-13)21(29)25-9-8-16-15(11-25)12-26(10-14-6-4-3-5-7-14)20(28)17(16)19(27)22-2/h3-7,12H,8-11H2,1-2H3,(H,22,27). The van der Waals surface area contributed by atoms with Gasteiger partial charge in [-0.3, -0.25) is 14.4 Å². The molecule has 1 aliphatic rings. The Labute approximate surface area is 177 Å². The van der Waals surface area contributed by atoms with Gasteiger partial charge in [-0.15, -0.1) is 5.10 Å². The maximum atomic E-state index is 13.1. The van der Waals surface area contributed by atoms with E-state index in [0.717, 1.165) is 22.7 Å². The first-order valence-corrected chi connectivity index (χ1v) is 10.4. The molecule has 1 aliphatic heterocycles. The van der Waals surface area contributed by atoms with Crippen molar-refractivity contribution in [2.24, 2.45) is 0 Å². The van der Waals surface area contributed by atoms with Crippen LogP contribution in [0.5, 0.6) is 0 Å². The summed E-state index contributed by atoms with van der Waals surface area (Å²) in [6, 6.07) is 9.59. The molecule has 0 atom stereocenters. The van der Waals surface area contributed by atoms with Crippen LogP contribution in [-0.4, -0.2) is 44.5 Å². The molecule has 4 rings (SSSR count). The molecule has 8 nitrogen and oxygen atoms in total. The summed E-state index contributed by atoms with van der Waals surface area (Å²) in [5.74, 6) is -0.531. The lowest BCUT2D eigenvalue weighted by Gasteiger charge is -2.30. The summed E-state index contributed by atoms with van der Waals surface area (Å²) in [5.41, 5.74) is 2.92. The van der Waals surface area contributed by atoms with E-state index in [9.17, 15) is 14.4 Å². The van der Waals surface area contributed by atoms with Gasteiger partial charge in [0.1, 0.15) is 10.4 Å². The highest BCUT2D eigenvalue weighted by Crippen LogP contribution is 2.24. The summed E-state index contributed by atoms with van der Waals surface area (Å²) in [5, 5.41) is 6.50. The molecule has 3 aromatic rings. The number of carbonyl (C=O) groups is 2. The third-order valence-electron chi connectivity index (χ3n) is 5.25. The average molecular weight is 423 g/mol. The van der Waals surface area contributed by atoms with Crippen molar-refractivity contribution >= 4 is 23.3 Å². The number of carbonyl (C=O) groups excluding carboxylic acids is 2. The number of pyridine rings is 1. The summed E-state index contributed by atoms with van der Waals surface area (Å²) in [4.78, 5) is 40.8. The molecular formula is C21H21N5O3S. The van der Waals surface area contributed by atoms with E-state index in [1.807, 2.05) is 30.3 Å². The normalized spacial score (nSPS) is 13.1. The summed E-state index contributed by atoms with van der Waals surface area (Å²) in [7, 11) is 1.51. The molecule has 0 fully saturated rings. The molecule has 0 aliphatic carbocycles. The highest BCUT2D eigenvalue weighted by atomic mass is 32.1. The maximum absolute atomic E-state index is 13.1. The van der Waals surface area contributed by atoms with E-state index in [-0.39, 0.29) is 17.0 Å². The van der Waals surface area contributed by atoms with E-state index in [0.29, 0.717) is 42.2 Å². The second kappa shape index (κ2) is 8.19. The third kappa shape index (κ3) is 3.63. The number of hydrogen-bond acceptors (Lipinski definition) is 6. The number of hydrogen-bond donors (Lipinski definition) is 1. The lowest BCUT2D eigenvalue weighted by molar-refractivity contribution is 0.0738. The monoisotopic (exact) mass is 423 g/mol. The predicted octanol–water partition coefficient (Wildman–Crippen LogP) is 1.61. The van der Waals surface area contributed by atoms with Gasteiger partial charge in [0.05, 0.1) is 12.2 Å². The molecule has 0 unspecified atom stereocenters. The van der Waals surface area contributed by atoms with Crippen molar-refractivity contribution in [2.75, 3.05) is 13.6 Å². The van der Waals surface area contributed by atoms with E-state index in [1.165, 1.54) is 7.05 Å². The molecule has 30 heavy (non-hydrogen) atoms. The zero-order chi connectivity index (χ0) is 21.3. The molecule has 0 radical (unpaired) electrons. The Hall–Kier alpha value is -3.33. The largest absolute Gasteiger partial charge is 0.355 e. The highest BCUT2D eigenvalue weighted by Gasteiger charge is 2.29. The predicted molar refractivity (Wildman–Crippen MR) is 113 cm³/mol. The maximum Gasteiger partial charge on any atom is 0.267 e. The van der Waals surface area contributed by atoms with Crippen LogP contribution in [-0.2, 0) is 19.5 Å². The van der Waals surface area contributed by atoms with Crippen LogP contribution in [0, 0.1) is 6.92 Å². The lowest BCUT2D eigenvalue weighted by atomic mass is 9.95. The number of rotatable bonds is 4. The van der Waals surface area contributed by atoms with Gasteiger partial charge in [0.25, 0.3) is 17.4 Å². The van der Waals surface area contributed by atoms with Crippen molar-refractivity contribution in [3.63, 3.8) is 0 Å². The number of nitrogens with zero attached hydrogens (tertiary/aromatic N) is 4. The van der Waals surface area contributed by atoms with Gasteiger partial charge in [-0.1, -0.05) is 34.8 Å². The molecule has 1 N–H and O–H groups in total. The summed E-state index contributed by atoms with van der Waals surface area (Å²) in [6.07, 6.45) is 2.21. The number of aromatic nitrogens is 3. The molecule has 0 bridgehead atoms. The topological polar surface area (TPSA) is 97.2 Å². The van der Waals surface area contributed by atoms with Crippen LogP contribution in [0.25, 0.3) is 0 Å². The molecule has 2 amide bonds. The Kier molecular flexibility index (Phi) is 5.45. The Morgan fingerprint density at radius 2 is 2.00 bits per heavy atom. The number of nitrogens with one attached hydrogen (secondary N) is 1.